The minimum absolute atomic E-state index is 0.0854. The van der Waals surface area contributed by atoms with Gasteiger partial charge in [0.1, 0.15) is 6.07 Å². The molecule has 0 N–H and O–H groups in total. The highest BCUT2D eigenvalue weighted by molar-refractivity contribution is 6.32. The monoisotopic (exact) mass is 297 g/mol. The second-order valence-electron chi connectivity index (χ2n) is 4.33. The molecule has 0 bridgehead atoms. The van der Waals surface area contributed by atoms with Gasteiger partial charge in [-0.25, -0.2) is 4.79 Å². The number of hydrogen-bond donors (Lipinski definition) is 0. The van der Waals surface area contributed by atoms with Crippen molar-refractivity contribution in [3.8, 4) is 17.6 Å². The number of rotatable bonds is 5. The number of methoxy groups -OCH3 is 1. The second-order valence-corrected chi connectivity index (χ2v) is 4.74. The van der Waals surface area contributed by atoms with Gasteiger partial charge < -0.3 is 14.2 Å². The first kappa shape index (κ1) is 16.1. The Morgan fingerprint density at radius 3 is 2.50 bits per heavy atom. The van der Waals surface area contributed by atoms with Gasteiger partial charge in [0.15, 0.2) is 17.6 Å². The van der Waals surface area contributed by atoms with Crippen molar-refractivity contribution in [2.24, 2.45) is 0 Å². The van der Waals surface area contributed by atoms with Crippen molar-refractivity contribution in [3.63, 3.8) is 0 Å². The summed E-state index contributed by atoms with van der Waals surface area (Å²) < 4.78 is 15.6. The van der Waals surface area contributed by atoms with Gasteiger partial charge in [-0.1, -0.05) is 11.6 Å². The summed E-state index contributed by atoms with van der Waals surface area (Å²) in [4.78, 5) is 11.8. The van der Waals surface area contributed by atoms with Crippen LogP contribution in [0.4, 0.5) is 0 Å². The SMILES string of the molecule is COc1cc(C(=O)O[C@H](C)C#N)cc(Cl)c1OC(C)C. The van der Waals surface area contributed by atoms with Crippen LogP contribution in [-0.4, -0.2) is 25.3 Å². The molecule has 0 aromatic heterocycles. The van der Waals surface area contributed by atoms with E-state index in [0.717, 1.165) is 0 Å². The molecule has 1 rings (SSSR count). The van der Waals surface area contributed by atoms with E-state index in [4.69, 9.17) is 31.1 Å². The lowest BCUT2D eigenvalue weighted by atomic mass is 10.2. The molecule has 1 aromatic rings. The summed E-state index contributed by atoms with van der Waals surface area (Å²) in [6.07, 6.45) is -0.920. The maximum Gasteiger partial charge on any atom is 0.339 e. The predicted molar refractivity (Wildman–Crippen MR) is 74.3 cm³/mol. The molecule has 0 saturated heterocycles. The first-order valence-corrected chi connectivity index (χ1v) is 6.41. The second kappa shape index (κ2) is 7.01. The highest BCUT2D eigenvalue weighted by Gasteiger charge is 2.19. The summed E-state index contributed by atoms with van der Waals surface area (Å²) >= 11 is 6.09. The molecule has 6 heteroatoms. The van der Waals surface area contributed by atoms with E-state index in [9.17, 15) is 4.79 Å². The van der Waals surface area contributed by atoms with Crippen molar-refractivity contribution in [3.05, 3.63) is 22.7 Å². The fraction of sp³-hybridized carbons (Fsp3) is 0.429. The third-order valence-corrected chi connectivity index (χ3v) is 2.57. The van der Waals surface area contributed by atoms with Crippen molar-refractivity contribution < 1.29 is 19.0 Å². The molecule has 0 saturated carbocycles. The van der Waals surface area contributed by atoms with Gasteiger partial charge in [-0.15, -0.1) is 0 Å². The van der Waals surface area contributed by atoms with Crippen LogP contribution in [0.25, 0.3) is 0 Å². The number of ether oxygens (including phenoxy) is 3. The molecule has 1 aromatic carbocycles. The average Bonchev–Trinajstić information content (AvgIpc) is 2.39. The molecule has 5 nitrogen and oxygen atoms in total. The highest BCUT2D eigenvalue weighted by atomic mass is 35.5. The van der Waals surface area contributed by atoms with E-state index in [-0.39, 0.29) is 16.7 Å². The van der Waals surface area contributed by atoms with Gasteiger partial charge in [0.2, 0.25) is 0 Å². The largest absolute Gasteiger partial charge is 0.493 e. The van der Waals surface area contributed by atoms with Crippen molar-refractivity contribution >= 4 is 17.6 Å². The maximum absolute atomic E-state index is 11.8. The van der Waals surface area contributed by atoms with Crippen LogP contribution in [0.3, 0.4) is 0 Å². The molecule has 1 atom stereocenters. The molecule has 108 valence electrons. The lowest BCUT2D eigenvalue weighted by Gasteiger charge is -2.16. The lowest BCUT2D eigenvalue weighted by molar-refractivity contribution is 0.0435. The Hall–Kier alpha value is -1.93. The Kier molecular flexibility index (Phi) is 5.66. The molecule has 0 aliphatic carbocycles. The normalized spacial score (nSPS) is 11.7. The zero-order valence-electron chi connectivity index (χ0n) is 11.8. The lowest BCUT2D eigenvalue weighted by Crippen LogP contribution is -2.14. The molecule has 20 heavy (non-hydrogen) atoms. The molecule has 0 amide bonds. The van der Waals surface area contributed by atoms with Gasteiger partial charge in [-0.2, -0.15) is 5.26 Å². The molecular formula is C14H16ClNO4. The van der Waals surface area contributed by atoms with E-state index < -0.39 is 12.1 Å². The minimum Gasteiger partial charge on any atom is -0.493 e. The zero-order chi connectivity index (χ0) is 15.3. The van der Waals surface area contributed by atoms with Gasteiger partial charge >= 0.3 is 5.97 Å². The van der Waals surface area contributed by atoms with E-state index >= 15 is 0 Å². The summed E-state index contributed by atoms with van der Waals surface area (Å²) in [5.74, 6) is 0.0622. The van der Waals surface area contributed by atoms with Crippen molar-refractivity contribution in [1.29, 1.82) is 5.26 Å². The number of hydrogen-bond acceptors (Lipinski definition) is 5. The van der Waals surface area contributed by atoms with Crippen LogP contribution in [0.15, 0.2) is 12.1 Å². The Bertz CT molecular complexity index is 537. The summed E-state index contributed by atoms with van der Waals surface area (Å²) in [5, 5.41) is 8.88. The zero-order valence-corrected chi connectivity index (χ0v) is 12.5. The topological polar surface area (TPSA) is 68.5 Å². The molecule has 0 spiro atoms. The van der Waals surface area contributed by atoms with Gasteiger partial charge in [-0.3, -0.25) is 0 Å². The molecule has 0 aliphatic rings. The van der Waals surface area contributed by atoms with Crippen molar-refractivity contribution in [2.75, 3.05) is 7.11 Å². The summed E-state index contributed by atoms with van der Waals surface area (Å²) in [5.41, 5.74) is 0.199. The van der Waals surface area contributed by atoms with Crippen molar-refractivity contribution in [1.82, 2.24) is 0 Å². The number of nitrogens with zero attached hydrogens (tertiary/aromatic N) is 1. The molecule has 0 unspecified atom stereocenters. The Balaban J connectivity index is 3.10. The molecule has 0 aliphatic heterocycles. The summed E-state index contributed by atoms with van der Waals surface area (Å²) in [6, 6.07) is 4.71. The van der Waals surface area contributed by atoms with E-state index in [1.807, 2.05) is 19.9 Å². The van der Waals surface area contributed by atoms with Crippen molar-refractivity contribution in [2.45, 2.75) is 33.0 Å². The first-order chi connectivity index (χ1) is 9.38. The Labute approximate surface area is 123 Å². The number of benzene rings is 1. The van der Waals surface area contributed by atoms with E-state index in [1.165, 1.54) is 26.2 Å². The Morgan fingerprint density at radius 2 is 2.00 bits per heavy atom. The van der Waals surface area contributed by atoms with Crippen LogP contribution >= 0.6 is 11.6 Å². The number of esters is 1. The van der Waals surface area contributed by atoms with Crippen LogP contribution in [0.5, 0.6) is 11.5 Å². The number of carbonyl (C=O) groups excluding carboxylic acids is 1. The summed E-state index contributed by atoms with van der Waals surface area (Å²) in [6.45, 7) is 5.19. The third-order valence-electron chi connectivity index (χ3n) is 2.28. The van der Waals surface area contributed by atoms with E-state index in [1.54, 1.807) is 0 Å². The third kappa shape index (κ3) is 4.04. The first-order valence-electron chi connectivity index (χ1n) is 6.03. The van der Waals surface area contributed by atoms with E-state index in [2.05, 4.69) is 0 Å². The van der Waals surface area contributed by atoms with Crippen LogP contribution in [0, 0.1) is 11.3 Å². The predicted octanol–water partition coefficient (Wildman–Crippen LogP) is 3.20. The average molecular weight is 298 g/mol. The van der Waals surface area contributed by atoms with Gasteiger partial charge in [0.25, 0.3) is 0 Å². The van der Waals surface area contributed by atoms with Crippen LogP contribution < -0.4 is 9.47 Å². The molecule has 0 heterocycles. The number of nitriles is 1. The summed E-state index contributed by atoms with van der Waals surface area (Å²) in [7, 11) is 1.45. The molecule has 0 fully saturated rings. The van der Waals surface area contributed by atoms with Gasteiger partial charge in [-0.05, 0) is 32.9 Å². The fourth-order valence-corrected chi connectivity index (χ4v) is 1.70. The van der Waals surface area contributed by atoms with Crippen LogP contribution in [-0.2, 0) is 4.74 Å². The quantitative estimate of drug-likeness (QED) is 0.781. The smallest absolute Gasteiger partial charge is 0.339 e. The van der Waals surface area contributed by atoms with Crippen LogP contribution in [0.1, 0.15) is 31.1 Å². The minimum atomic E-state index is -0.834. The van der Waals surface area contributed by atoms with Crippen LogP contribution in [0.2, 0.25) is 5.02 Å². The number of carbonyl (C=O) groups is 1. The van der Waals surface area contributed by atoms with Gasteiger partial charge in [0.05, 0.1) is 23.8 Å². The molecule has 0 radical (unpaired) electrons. The standard InChI is InChI=1S/C14H16ClNO4/c1-8(2)19-13-11(15)5-10(6-12(13)18-4)14(17)20-9(3)7-16/h5-6,8-9H,1-4H3/t9-/m1/s1. The van der Waals surface area contributed by atoms with Gasteiger partial charge in [0, 0.05) is 0 Å². The van der Waals surface area contributed by atoms with E-state index in [0.29, 0.717) is 11.5 Å². The fourth-order valence-electron chi connectivity index (χ4n) is 1.44. The maximum atomic E-state index is 11.8. The number of halogens is 1. The highest BCUT2D eigenvalue weighted by Crippen LogP contribution is 2.37. The molecular weight excluding hydrogens is 282 g/mol. The Morgan fingerprint density at radius 1 is 1.35 bits per heavy atom.